The monoisotopic (exact) mass is 429 g/mol. The van der Waals surface area contributed by atoms with Gasteiger partial charge in [0, 0.05) is 31.3 Å². The molecule has 13 nitrogen and oxygen atoms in total. The molecule has 4 aliphatic heterocycles. The molecule has 4 heterocycles. The third-order valence-corrected chi connectivity index (χ3v) is 5.76. The molecule has 0 aliphatic carbocycles. The first kappa shape index (κ1) is 20.5. The van der Waals surface area contributed by atoms with Gasteiger partial charge in [-0.15, -0.1) is 5.11 Å². The van der Waals surface area contributed by atoms with Crippen LogP contribution >= 0.6 is 0 Å². The number of nitrogens with two attached hydrogens (primary N) is 1. The predicted octanol–water partition coefficient (Wildman–Crippen LogP) is 0.217. The van der Waals surface area contributed by atoms with Gasteiger partial charge in [0.2, 0.25) is 0 Å². The number of ether oxygens (including phenoxy) is 1. The minimum absolute atomic E-state index is 0.00243. The van der Waals surface area contributed by atoms with Gasteiger partial charge in [-0.1, -0.05) is 0 Å². The summed E-state index contributed by atoms with van der Waals surface area (Å²) in [6, 6.07) is 3.46. The number of fused-ring (bicyclic) bond motifs is 5. The van der Waals surface area contributed by atoms with Crippen molar-refractivity contribution in [2.45, 2.75) is 23.7 Å². The van der Waals surface area contributed by atoms with E-state index in [0.717, 1.165) is 0 Å². The number of phenolic OH excluding ortho intramolecular Hbond substituents is 2. The lowest BCUT2D eigenvalue weighted by atomic mass is 9.89. The summed E-state index contributed by atoms with van der Waals surface area (Å²) in [5, 5.41) is 58.7. The Kier molecular flexibility index (Phi) is 4.77. The van der Waals surface area contributed by atoms with E-state index < -0.39 is 17.7 Å². The van der Waals surface area contributed by atoms with Crippen LogP contribution in [0.3, 0.4) is 0 Å². The molecule has 31 heavy (non-hydrogen) atoms. The summed E-state index contributed by atoms with van der Waals surface area (Å²) in [4.78, 5) is 14.9. The summed E-state index contributed by atoms with van der Waals surface area (Å²) < 4.78 is 5.84. The molecular weight excluding hydrogens is 410 g/mol. The molecule has 0 radical (unpaired) electrons. The summed E-state index contributed by atoms with van der Waals surface area (Å²) in [7, 11) is 1.56. The lowest BCUT2D eigenvalue weighted by Crippen LogP contribution is -2.54. The quantitative estimate of drug-likeness (QED) is 0.285. The Hall–Kier alpha value is -3.73. The third-order valence-electron chi connectivity index (χ3n) is 5.76. The number of rotatable bonds is 3. The molecule has 0 saturated carbocycles. The molecule has 0 spiro atoms. The van der Waals surface area contributed by atoms with Gasteiger partial charge in [0.15, 0.2) is 11.6 Å². The molecule has 13 heteroatoms. The van der Waals surface area contributed by atoms with Crippen molar-refractivity contribution in [1.82, 2.24) is 5.32 Å². The molecule has 2 fully saturated rings. The zero-order valence-corrected chi connectivity index (χ0v) is 16.2. The van der Waals surface area contributed by atoms with Gasteiger partial charge in [-0.05, 0) is 0 Å². The number of primary amides is 1. The number of carbonyl (C=O) groups is 1. The van der Waals surface area contributed by atoms with Crippen LogP contribution in [0.5, 0.6) is 11.5 Å². The number of anilines is 1. The first-order chi connectivity index (χ1) is 14.8. The SMILES string of the molecule is COC12C(CO)c3c(O)c(N=C4N=NC=C4C#N)cc(O)c3N1CC1NC12.NC(=O)O. The lowest BCUT2D eigenvalue weighted by molar-refractivity contribution is -0.0324. The molecule has 7 N–H and O–H groups in total. The number of aromatic hydroxyl groups is 2. The Labute approximate surface area is 175 Å². The second kappa shape index (κ2) is 7.20. The van der Waals surface area contributed by atoms with Crippen molar-refractivity contribution in [3.63, 3.8) is 0 Å². The summed E-state index contributed by atoms with van der Waals surface area (Å²) in [5.41, 5.74) is 4.17. The van der Waals surface area contributed by atoms with Crippen LogP contribution < -0.4 is 16.0 Å². The zero-order chi connectivity index (χ0) is 22.5. The number of aliphatic hydroxyl groups is 1. The number of aliphatic imine (C=N–C) groups is 1. The average molecular weight is 429 g/mol. The van der Waals surface area contributed by atoms with Crippen LogP contribution in [-0.2, 0) is 4.74 Å². The lowest BCUT2D eigenvalue weighted by Gasteiger charge is -2.38. The number of hydrogen-bond donors (Lipinski definition) is 6. The fourth-order valence-electron chi connectivity index (χ4n) is 4.61. The van der Waals surface area contributed by atoms with Crippen molar-refractivity contribution in [2.75, 3.05) is 25.2 Å². The molecule has 2 saturated heterocycles. The highest BCUT2D eigenvalue weighted by Gasteiger charge is 2.71. The fourth-order valence-corrected chi connectivity index (χ4v) is 4.61. The molecule has 162 valence electrons. The predicted molar refractivity (Wildman–Crippen MR) is 105 cm³/mol. The van der Waals surface area contributed by atoms with Crippen LogP contribution in [0.25, 0.3) is 0 Å². The number of nitriles is 1. The number of carboxylic acid groups (broad SMARTS) is 1. The van der Waals surface area contributed by atoms with Crippen molar-refractivity contribution >= 4 is 23.3 Å². The Morgan fingerprint density at radius 3 is 2.87 bits per heavy atom. The Balaban J connectivity index is 0.000000535. The van der Waals surface area contributed by atoms with E-state index in [4.69, 9.17) is 19.9 Å². The standard InChI is InChI=1S/C17H16N6O4.CH3NO2/c1-27-17-8(6-24)12-13(23(17)5-10-15(17)20-10)11(25)2-9(14(12)26)21-16-7(3-18)4-19-22-16;2-1(3)4/h2,4,8,10,15,20,24-26H,5-6H2,1H3;2H2,(H,3,4). The Bertz CT molecular complexity index is 1090. The number of phenols is 2. The van der Waals surface area contributed by atoms with Crippen LogP contribution in [0.1, 0.15) is 11.5 Å². The van der Waals surface area contributed by atoms with E-state index in [0.29, 0.717) is 17.8 Å². The summed E-state index contributed by atoms with van der Waals surface area (Å²) in [6.45, 7) is 0.316. The number of aliphatic hydroxyl groups excluding tert-OH is 1. The highest BCUT2D eigenvalue weighted by atomic mass is 16.5. The number of piperazine rings is 1. The maximum Gasteiger partial charge on any atom is 0.402 e. The molecule has 4 atom stereocenters. The van der Waals surface area contributed by atoms with E-state index in [-0.39, 0.29) is 47.3 Å². The van der Waals surface area contributed by atoms with E-state index in [2.05, 4.69) is 26.3 Å². The largest absolute Gasteiger partial charge is 0.506 e. The molecule has 0 bridgehead atoms. The van der Waals surface area contributed by atoms with Gasteiger partial charge in [-0.3, -0.25) is 0 Å². The van der Waals surface area contributed by atoms with E-state index in [1.165, 1.54) is 12.3 Å². The number of amides is 1. The summed E-state index contributed by atoms with van der Waals surface area (Å²) in [5.74, 6) is -0.795. The van der Waals surface area contributed by atoms with Crippen LogP contribution in [0.2, 0.25) is 0 Å². The third kappa shape index (κ3) is 2.88. The van der Waals surface area contributed by atoms with Crippen LogP contribution in [-0.4, -0.2) is 70.4 Å². The first-order valence-corrected chi connectivity index (χ1v) is 9.17. The van der Waals surface area contributed by atoms with Gasteiger partial charge in [0.05, 0.1) is 30.5 Å². The van der Waals surface area contributed by atoms with Crippen LogP contribution in [0, 0.1) is 11.3 Å². The van der Waals surface area contributed by atoms with Gasteiger partial charge < -0.3 is 41.1 Å². The summed E-state index contributed by atoms with van der Waals surface area (Å²) >= 11 is 0. The minimum Gasteiger partial charge on any atom is -0.506 e. The maximum atomic E-state index is 10.9. The molecule has 5 rings (SSSR count). The van der Waals surface area contributed by atoms with Crippen molar-refractivity contribution < 1.29 is 30.0 Å². The molecular formula is C18H19N7O6. The van der Waals surface area contributed by atoms with Gasteiger partial charge in [0.25, 0.3) is 0 Å². The van der Waals surface area contributed by atoms with E-state index in [1.54, 1.807) is 7.11 Å². The second-order valence-corrected chi connectivity index (χ2v) is 7.22. The molecule has 0 aromatic heterocycles. The zero-order valence-electron chi connectivity index (χ0n) is 16.2. The van der Waals surface area contributed by atoms with Gasteiger partial charge in [-0.25, -0.2) is 9.79 Å². The molecule has 1 aromatic carbocycles. The van der Waals surface area contributed by atoms with Crippen molar-refractivity contribution in [3.05, 3.63) is 23.4 Å². The number of methoxy groups -OCH3 is 1. The topological polar surface area (TPSA) is 219 Å². The fraction of sp³-hybridized carbons (Fsp3) is 0.389. The second-order valence-electron chi connectivity index (χ2n) is 7.22. The Morgan fingerprint density at radius 2 is 2.26 bits per heavy atom. The van der Waals surface area contributed by atoms with E-state index in [9.17, 15) is 15.3 Å². The average Bonchev–Trinajstić information content (AvgIpc) is 3.09. The number of benzene rings is 1. The Morgan fingerprint density at radius 1 is 1.55 bits per heavy atom. The normalized spacial score (nSPS) is 30.1. The molecule has 4 unspecified atom stereocenters. The maximum absolute atomic E-state index is 10.9. The van der Waals surface area contributed by atoms with E-state index >= 15 is 0 Å². The van der Waals surface area contributed by atoms with Gasteiger partial charge in [0.1, 0.15) is 28.8 Å². The molecule has 4 aliphatic rings. The van der Waals surface area contributed by atoms with Gasteiger partial charge in [-0.2, -0.15) is 10.4 Å². The van der Waals surface area contributed by atoms with Crippen molar-refractivity contribution in [2.24, 2.45) is 21.0 Å². The molecule has 1 aromatic rings. The number of nitrogens with one attached hydrogen (secondary N) is 1. The highest BCUT2D eigenvalue weighted by molar-refractivity contribution is 6.05. The smallest absolute Gasteiger partial charge is 0.402 e. The van der Waals surface area contributed by atoms with Gasteiger partial charge >= 0.3 is 6.09 Å². The highest BCUT2D eigenvalue weighted by Crippen LogP contribution is 2.62. The summed E-state index contributed by atoms with van der Waals surface area (Å²) in [6.07, 6.45) is -0.0610. The number of nitrogens with zero attached hydrogens (tertiary/aromatic N) is 5. The van der Waals surface area contributed by atoms with E-state index in [1.807, 2.05) is 11.0 Å². The number of azo groups is 1. The van der Waals surface area contributed by atoms with Crippen molar-refractivity contribution in [1.29, 1.82) is 5.26 Å². The number of amidine groups is 1. The molecule has 1 amide bonds. The minimum atomic E-state index is -1.33. The first-order valence-electron chi connectivity index (χ1n) is 9.17. The van der Waals surface area contributed by atoms with Crippen LogP contribution in [0.4, 0.5) is 16.2 Å². The van der Waals surface area contributed by atoms with Crippen LogP contribution in [0.15, 0.2) is 33.1 Å². The van der Waals surface area contributed by atoms with Crippen molar-refractivity contribution in [3.8, 4) is 17.6 Å². The number of hydrogen-bond acceptors (Lipinski definition) is 10.